The van der Waals surface area contributed by atoms with Crippen LogP contribution in [0.3, 0.4) is 0 Å². The molecule has 176 valence electrons. The van der Waals surface area contributed by atoms with Gasteiger partial charge >= 0.3 is 0 Å². The molecule has 0 saturated carbocycles. The Morgan fingerprint density at radius 2 is 1.35 bits per heavy atom. The highest BCUT2D eigenvalue weighted by molar-refractivity contribution is 6.14. The average molecular weight is 455 g/mol. The Kier molecular flexibility index (Phi) is 7.86. The van der Waals surface area contributed by atoms with Gasteiger partial charge in [-0.2, -0.15) is 0 Å². The zero-order valence-corrected chi connectivity index (χ0v) is 20.5. The number of hydrogen-bond acceptors (Lipinski definition) is 4. The molecule has 5 nitrogen and oxygen atoms in total. The molecule has 3 aromatic rings. The van der Waals surface area contributed by atoms with Crippen molar-refractivity contribution >= 4 is 17.9 Å². The summed E-state index contributed by atoms with van der Waals surface area (Å²) < 4.78 is 1.89. The van der Waals surface area contributed by atoms with Gasteiger partial charge in [0.25, 0.3) is 0 Å². The van der Waals surface area contributed by atoms with E-state index < -0.39 is 0 Å². The zero-order valence-electron chi connectivity index (χ0n) is 20.5. The Bertz CT molecular complexity index is 1100. The fourth-order valence-electron chi connectivity index (χ4n) is 4.30. The minimum Gasteiger partial charge on any atom is -0.289 e. The molecule has 1 saturated heterocycles. The number of nitrogens with zero attached hydrogens (tertiary/aromatic N) is 4. The standard InChI is InChI=1S/C29H34N4O/c1-4-15-33-21-28(30-31-33)20-32-18-26(16-24-11-7-22(5-2)8-12-24)29(34)27(19-32)17-25-13-9-23(6-3)10-14-25/h7-14,16-17,21H,4-6,15,18-20H2,1-3H3/b26-16-,27-17+. The minimum absolute atomic E-state index is 0.130. The third-order valence-electron chi connectivity index (χ3n) is 6.25. The molecular formula is C29H34N4O. The molecule has 5 heteroatoms. The van der Waals surface area contributed by atoms with Crippen molar-refractivity contribution < 1.29 is 4.79 Å². The number of aromatic nitrogens is 3. The third kappa shape index (κ3) is 5.97. The number of hydrogen-bond donors (Lipinski definition) is 0. The predicted octanol–water partition coefficient (Wildman–Crippen LogP) is 5.36. The SMILES string of the molecule is CCCn1cc(CN2C/C(=C/c3ccc(CC)cc3)C(=O)/C(=C/c3ccc(CC)cc3)C2)nn1. The van der Waals surface area contributed by atoms with Crippen molar-refractivity contribution in [2.45, 2.75) is 53.1 Å². The molecule has 2 heterocycles. The number of carbonyl (C=O) groups is 1. The van der Waals surface area contributed by atoms with E-state index in [1.54, 1.807) is 0 Å². The van der Waals surface area contributed by atoms with Crippen LogP contribution in [0.1, 0.15) is 55.1 Å². The van der Waals surface area contributed by atoms with Gasteiger partial charge in [0.2, 0.25) is 0 Å². The third-order valence-corrected chi connectivity index (χ3v) is 6.25. The van der Waals surface area contributed by atoms with E-state index in [0.717, 1.165) is 53.8 Å². The lowest BCUT2D eigenvalue weighted by Crippen LogP contribution is -2.37. The number of piperidine rings is 1. The summed E-state index contributed by atoms with van der Waals surface area (Å²) in [4.78, 5) is 15.8. The van der Waals surface area contributed by atoms with Crippen molar-refractivity contribution in [3.05, 3.63) is 93.8 Å². The lowest BCUT2D eigenvalue weighted by atomic mass is 9.93. The fraction of sp³-hybridized carbons (Fsp3) is 0.345. The number of likely N-dealkylation sites (tertiary alicyclic amines) is 1. The molecule has 0 radical (unpaired) electrons. The Balaban J connectivity index is 1.62. The molecule has 1 aliphatic heterocycles. The molecule has 1 aliphatic rings. The van der Waals surface area contributed by atoms with Crippen molar-refractivity contribution in [1.29, 1.82) is 0 Å². The second-order valence-corrected chi connectivity index (χ2v) is 8.98. The number of carbonyl (C=O) groups excluding carboxylic acids is 1. The summed E-state index contributed by atoms with van der Waals surface area (Å²) in [5, 5.41) is 8.59. The smallest absolute Gasteiger partial charge is 0.187 e. The lowest BCUT2D eigenvalue weighted by molar-refractivity contribution is -0.113. The van der Waals surface area contributed by atoms with Gasteiger partial charge in [-0.3, -0.25) is 14.4 Å². The minimum atomic E-state index is 0.130. The van der Waals surface area contributed by atoms with Gasteiger partial charge in [-0.25, -0.2) is 0 Å². The first-order valence-electron chi connectivity index (χ1n) is 12.3. The molecule has 0 N–H and O–H groups in total. The summed E-state index contributed by atoms with van der Waals surface area (Å²) in [7, 11) is 0. The van der Waals surface area contributed by atoms with E-state index in [-0.39, 0.29) is 5.78 Å². The molecule has 0 amide bonds. The van der Waals surface area contributed by atoms with Crippen molar-refractivity contribution in [1.82, 2.24) is 19.9 Å². The van der Waals surface area contributed by atoms with Crippen LogP contribution in [0.25, 0.3) is 12.2 Å². The molecular weight excluding hydrogens is 420 g/mol. The Morgan fingerprint density at radius 1 is 0.824 bits per heavy atom. The van der Waals surface area contributed by atoms with Gasteiger partial charge in [-0.05, 0) is 53.7 Å². The number of aryl methyl sites for hydroxylation is 3. The Labute approximate surface area is 202 Å². The van der Waals surface area contributed by atoms with Gasteiger partial charge in [-0.1, -0.05) is 74.5 Å². The van der Waals surface area contributed by atoms with Crippen molar-refractivity contribution in [3.8, 4) is 0 Å². The van der Waals surface area contributed by atoms with Crippen LogP contribution in [0.15, 0.2) is 65.9 Å². The van der Waals surface area contributed by atoms with E-state index >= 15 is 0 Å². The molecule has 0 atom stereocenters. The van der Waals surface area contributed by atoms with Crippen LogP contribution in [0.4, 0.5) is 0 Å². The highest BCUT2D eigenvalue weighted by Gasteiger charge is 2.26. The van der Waals surface area contributed by atoms with Crippen molar-refractivity contribution in [2.24, 2.45) is 0 Å². The Hall–Kier alpha value is -3.31. The highest BCUT2D eigenvalue weighted by Crippen LogP contribution is 2.24. The van der Waals surface area contributed by atoms with E-state index in [4.69, 9.17) is 0 Å². The van der Waals surface area contributed by atoms with Crippen LogP contribution in [0.5, 0.6) is 0 Å². The summed E-state index contributed by atoms with van der Waals surface area (Å²) in [6, 6.07) is 16.9. The van der Waals surface area contributed by atoms with Crippen LogP contribution in [0, 0.1) is 0 Å². The maximum atomic E-state index is 13.5. The molecule has 2 aromatic carbocycles. The van der Waals surface area contributed by atoms with E-state index in [0.29, 0.717) is 19.6 Å². The molecule has 0 unspecified atom stereocenters. The number of rotatable bonds is 8. The summed E-state index contributed by atoms with van der Waals surface area (Å²) in [6.45, 7) is 9.15. The first-order chi connectivity index (χ1) is 16.6. The van der Waals surface area contributed by atoms with E-state index in [1.165, 1.54) is 11.1 Å². The fourth-order valence-corrected chi connectivity index (χ4v) is 4.30. The summed E-state index contributed by atoms with van der Waals surface area (Å²) in [6.07, 6.45) is 9.12. The quantitative estimate of drug-likeness (QED) is 0.430. The molecule has 34 heavy (non-hydrogen) atoms. The summed E-state index contributed by atoms with van der Waals surface area (Å²) >= 11 is 0. The molecule has 0 bridgehead atoms. The molecule has 4 rings (SSSR count). The topological polar surface area (TPSA) is 51.0 Å². The molecule has 0 spiro atoms. The number of Topliss-reactive ketones (excluding diaryl/α,β-unsaturated/α-hetero) is 1. The molecule has 1 aromatic heterocycles. The van der Waals surface area contributed by atoms with Gasteiger partial charge in [0.15, 0.2) is 5.78 Å². The van der Waals surface area contributed by atoms with Gasteiger partial charge in [0.05, 0.1) is 5.69 Å². The van der Waals surface area contributed by atoms with Crippen LogP contribution in [-0.4, -0.2) is 38.8 Å². The molecule has 0 aliphatic carbocycles. The first kappa shape index (κ1) is 23.8. The van der Waals surface area contributed by atoms with Gasteiger partial charge < -0.3 is 0 Å². The summed E-state index contributed by atoms with van der Waals surface area (Å²) in [5.74, 6) is 0.130. The van der Waals surface area contributed by atoms with Crippen molar-refractivity contribution in [2.75, 3.05) is 13.1 Å². The van der Waals surface area contributed by atoms with Gasteiger partial charge in [0.1, 0.15) is 0 Å². The predicted molar refractivity (Wildman–Crippen MR) is 138 cm³/mol. The second-order valence-electron chi connectivity index (χ2n) is 8.98. The maximum absolute atomic E-state index is 13.5. The molecule has 1 fully saturated rings. The largest absolute Gasteiger partial charge is 0.289 e. The van der Waals surface area contributed by atoms with Crippen molar-refractivity contribution in [3.63, 3.8) is 0 Å². The lowest BCUT2D eigenvalue weighted by Gasteiger charge is -2.29. The average Bonchev–Trinajstić information content (AvgIpc) is 3.30. The number of benzene rings is 2. The van der Waals surface area contributed by atoms with E-state index in [9.17, 15) is 4.79 Å². The van der Waals surface area contributed by atoms with Crippen LogP contribution < -0.4 is 0 Å². The van der Waals surface area contributed by atoms with Gasteiger partial charge in [0, 0.05) is 43.5 Å². The number of ketones is 1. The first-order valence-corrected chi connectivity index (χ1v) is 12.3. The van der Waals surface area contributed by atoms with E-state index in [2.05, 4.69) is 84.5 Å². The van der Waals surface area contributed by atoms with Crippen LogP contribution in [-0.2, 0) is 30.7 Å². The van der Waals surface area contributed by atoms with Gasteiger partial charge in [-0.15, -0.1) is 5.10 Å². The second kappa shape index (κ2) is 11.2. The monoisotopic (exact) mass is 454 g/mol. The zero-order chi connectivity index (χ0) is 23.9. The summed E-state index contributed by atoms with van der Waals surface area (Å²) in [5.41, 5.74) is 7.27. The normalized spacial score (nSPS) is 17.1. The van der Waals surface area contributed by atoms with E-state index in [1.807, 2.05) is 23.0 Å². The maximum Gasteiger partial charge on any atom is 0.187 e. The van der Waals surface area contributed by atoms with Crippen LogP contribution in [0.2, 0.25) is 0 Å². The van der Waals surface area contributed by atoms with Crippen LogP contribution >= 0.6 is 0 Å². The highest BCUT2D eigenvalue weighted by atomic mass is 16.1. The Morgan fingerprint density at radius 3 is 1.82 bits per heavy atom.